The van der Waals surface area contributed by atoms with Crippen molar-refractivity contribution < 1.29 is 9.84 Å². The average molecular weight is 223 g/mol. The monoisotopic (exact) mass is 223 g/mol. The summed E-state index contributed by atoms with van der Waals surface area (Å²) in [5, 5.41) is 14.8. The second-order valence-corrected chi connectivity index (χ2v) is 3.70. The van der Waals surface area contributed by atoms with E-state index in [1.54, 1.807) is 0 Å². The number of rotatable bonds is 4. The first-order valence-electron chi connectivity index (χ1n) is 5.30. The minimum absolute atomic E-state index is 0.181. The maximum absolute atomic E-state index is 7.77. The van der Waals surface area contributed by atoms with Crippen LogP contribution in [0.25, 0.3) is 0 Å². The van der Waals surface area contributed by atoms with Crippen LogP contribution in [-0.2, 0) is 4.74 Å². The third-order valence-electron chi connectivity index (χ3n) is 1.96. The van der Waals surface area contributed by atoms with E-state index in [9.17, 15) is 0 Å². The molecule has 0 spiro atoms. The Kier molecular flexibility index (Phi) is 7.42. The Balaban J connectivity index is 0.00000106. The standard InChI is InChI=1S/C12H17NO.CH4O/c1-9(2)14-8-12(13)11-6-4-10(3)5-7-11;1-2/h4-7,9,13H,8H2,1-3H3;2H,1H3. The van der Waals surface area contributed by atoms with Crippen molar-refractivity contribution in [3.8, 4) is 0 Å². The van der Waals surface area contributed by atoms with Crippen molar-refractivity contribution in [2.45, 2.75) is 26.9 Å². The molecular weight excluding hydrogens is 202 g/mol. The third kappa shape index (κ3) is 5.63. The van der Waals surface area contributed by atoms with Crippen LogP contribution < -0.4 is 0 Å². The molecule has 0 atom stereocenters. The van der Waals surface area contributed by atoms with Crippen LogP contribution in [0.15, 0.2) is 24.3 Å². The number of aryl methyl sites for hydroxylation is 1. The molecule has 0 aliphatic heterocycles. The van der Waals surface area contributed by atoms with Gasteiger partial charge in [0.2, 0.25) is 0 Å². The van der Waals surface area contributed by atoms with Gasteiger partial charge < -0.3 is 15.3 Å². The van der Waals surface area contributed by atoms with Crippen LogP contribution in [0, 0.1) is 12.3 Å². The average Bonchev–Trinajstić information content (AvgIpc) is 2.29. The number of aliphatic hydroxyl groups excluding tert-OH is 1. The summed E-state index contributed by atoms with van der Waals surface area (Å²) in [5.74, 6) is 0. The molecule has 0 fully saturated rings. The lowest BCUT2D eigenvalue weighted by atomic mass is 10.1. The summed E-state index contributed by atoms with van der Waals surface area (Å²) in [4.78, 5) is 0. The molecule has 0 bridgehead atoms. The highest BCUT2D eigenvalue weighted by molar-refractivity contribution is 5.99. The van der Waals surface area contributed by atoms with Gasteiger partial charge in [-0.05, 0) is 26.3 Å². The quantitative estimate of drug-likeness (QED) is 0.770. The number of benzene rings is 1. The summed E-state index contributed by atoms with van der Waals surface area (Å²) in [5.41, 5.74) is 2.70. The van der Waals surface area contributed by atoms with Crippen molar-refractivity contribution in [1.29, 1.82) is 5.41 Å². The van der Waals surface area contributed by atoms with Crippen LogP contribution in [0.4, 0.5) is 0 Å². The van der Waals surface area contributed by atoms with Crippen molar-refractivity contribution in [3.63, 3.8) is 0 Å². The van der Waals surface area contributed by atoms with Crippen LogP contribution in [0.5, 0.6) is 0 Å². The zero-order valence-corrected chi connectivity index (χ0v) is 10.4. The summed E-state index contributed by atoms with van der Waals surface area (Å²) in [6.45, 7) is 6.38. The number of ether oxygens (including phenoxy) is 1. The van der Waals surface area contributed by atoms with Crippen molar-refractivity contribution >= 4 is 5.71 Å². The van der Waals surface area contributed by atoms with Crippen molar-refractivity contribution in [3.05, 3.63) is 35.4 Å². The molecule has 0 saturated carbocycles. The van der Waals surface area contributed by atoms with E-state index in [0.29, 0.717) is 12.3 Å². The van der Waals surface area contributed by atoms with Gasteiger partial charge in [0.1, 0.15) is 0 Å². The Morgan fingerprint density at radius 1 is 1.25 bits per heavy atom. The van der Waals surface area contributed by atoms with Gasteiger partial charge in [0.15, 0.2) is 0 Å². The lowest BCUT2D eigenvalue weighted by Crippen LogP contribution is -2.13. The molecule has 2 N–H and O–H groups in total. The summed E-state index contributed by atoms with van der Waals surface area (Å²) < 4.78 is 5.36. The molecule has 3 nitrogen and oxygen atoms in total. The zero-order valence-electron chi connectivity index (χ0n) is 10.4. The molecular formula is C13H21NO2. The van der Waals surface area contributed by atoms with Gasteiger partial charge >= 0.3 is 0 Å². The second kappa shape index (κ2) is 8.02. The fraction of sp³-hybridized carbons (Fsp3) is 0.462. The molecule has 0 unspecified atom stereocenters. The van der Waals surface area contributed by atoms with E-state index < -0.39 is 0 Å². The fourth-order valence-corrected chi connectivity index (χ4v) is 1.09. The minimum atomic E-state index is 0.181. The molecule has 16 heavy (non-hydrogen) atoms. The topological polar surface area (TPSA) is 53.3 Å². The first kappa shape index (κ1) is 14.8. The Morgan fingerprint density at radius 3 is 2.19 bits per heavy atom. The maximum Gasteiger partial charge on any atom is 0.0890 e. The third-order valence-corrected chi connectivity index (χ3v) is 1.96. The van der Waals surface area contributed by atoms with E-state index in [-0.39, 0.29) is 6.10 Å². The van der Waals surface area contributed by atoms with Gasteiger partial charge in [0.25, 0.3) is 0 Å². The summed E-state index contributed by atoms with van der Waals surface area (Å²) in [6.07, 6.45) is 0.181. The Hall–Kier alpha value is -1.19. The Morgan fingerprint density at radius 2 is 1.75 bits per heavy atom. The highest BCUT2D eigenvalue weighted by atomic mass is 16.5. The Labute approximate surface area is 97.6 Å². The minimum Gasteiger partial charge on any atom is -0.400 e. The number of hydrogen-bond donors (Lipinski definition) is 2. The highest BCUT2D eigenvalue weighted by Gasteiger charge is 2.02. The number of nitrogens with one attached hydrogen (secondary N) is 1. The lowest BCUT2D eigenvalue weighted by molar-refractivity contribution is 0.110. The van der Waals surface area contributed by atoms with E-state index in [0.717, 1.165) is 12.7 Å². The van der Waals surface area contributed by atoms with Crippen LogP contribution in [0.1, 0.15) is 25.0 Å². The van der Waals surface area contributed by atoms with Gasteiger partial charge in [-0.2, -0.15) is 0 Å². The van der Waals surface area contributed by atoms with Gasteiger partial charge in [-0.1, -0.05) is 29.8 Å². The fourth-order valence-electron chi connectivity index (χ4n) is 1.09. The van der Waals surface area contributed by atoms with Crippen LogP contribution in [0.2, 0.25) is 0 Å². The van der Waals surface area contributed by atoms with E-state index in [2.05, 4.69) is 0 Å². The largest absolute Gasteiger partial charge is 0.400 e. The molecule has 1 aromatic carbocycles. The highest BCUT2D eigenvalue weighted by Crippen LogP contribution is 2.04. The maximum atomic E-state index is 7.77. The molecule has 0 aromatic heterocycles. The van der Waals surface area contributed by atoms with Crippen molar-refractivity contribution in [2.24, 2.45) is 0 Å². The van der Waals surface area contributed by atoms with E-state index in [1.807, 2.05) is 45.0 Å². The smallest absolute Gasteiger partial charge is 0.0890 e. The molecule has 3 heteroatoms. The molecule has 0 aliphatic rings. The molecule has 90 valence electrons. The number of aliphatic hydroxyl groups is 1. The molecule has 1 aromatic rings. The summed E-state index contributed by atoms with van der Waals surface area (Å²) >= 11 is 0. The second-order valence-electron chi connectivity index (χ2n) is 3.70. The van der Waals surface area contributed by atoms with Gasteiger partial charge in [-0.15, -0.1) is 0 Å². The van der Waals surface area contributed by atoms with Gasteiger partial charge in [-0.25, -0.2) is 0 Å². The normalized spacial score (nSPS) is 9.62. The van der Waals surface area contributed by atoms with Gasteiger partial charge in [-0.3, -0.25) is 0 Å². The number of hydrogen-bond acceptors (Lipinski definition) is 3. The van der Waals surface area contributed by atoms with E-state index in [1.165, 1.54) is 5.56 Å². The lowest BCUT2D eigenvalue weighted by Gasteiger charge is -2.08. The molecule has 0 saturated heterocycles. The summed E-state index contributed by atoms with van der Waals surface area (Å²) in [7, 11) is 1.00. The van der Waals surface area contributed by atoms with Gasteiger partial charge in [0.05, 0.1) is 18.4 Å². The zero-order chi connectivity index (χ0) is 12.6. The van der Waals surface area contributed by atoms with Crippen molar-refractivity contribution in [1.82, 2.24) is 0 Å². The van der Waals surface area contributed by atoms with Gasteiger partial charge in [0, 0.05) is 7.11 Å². The molecule has 0 amide bonds. The predicted molar refractivity (Wildman–Crippen MR) is 67.2 cm³/mol. The first-order chi connectivity index (χ1) is 7.59. The summed E-state index contributed by atoms with van der Waals surface area (Å²) in [6, 6.07) is 7.95. The SMILES string of the molecule is CO.Cc1ccc(C(=N)COC(C)C)cc1. The van der Waals surface area contributed by atoms with E-state index >= 15 is 0 Å². The van der Waals surface area contributed by atoms with Crippen molar-refractivity contribution in [2.75, 3.05) is 13.7 Å². The Bertz CT molecular complexity index is 304. The molecule has 0 radical (unpaired) electrons. The van der Waals surface area contributed by atoms with E-state index in [4.69, 9.17) is 15.3 Å². The van der Waals surface area contributed by atoms with Crippen LogP contribution in [-0.4, -0.2) is 30.6 Å². The molecule has 0 aliphatic carbocycles. The van der Waals surface area contributed by atoms with Crippen LogP contribution in [0.3, 0.4) is 0 Å². The first-order valence-corrected chi connectivity index (χ1v) is 5.30. The molecule has 0 heterocycles. The predicted octanol–water partition coefficient (Wildman–Crippen LogP) is 2.40. The molecule has 1 rings (SSSR count). The van der Waals surface area contributed by atoms with Crippen LogP contribution >= 0.6 is 0 Å².